The van der Waals surface area contributed by atoms with Gasteiger partial charge in [0.15, 0.2) is 0 Å². The summed E-state index contributed by atoms with van der Waals surface area (Å²) in [6, 6.07) is 6.07. The standard InChI is InChI=1S/C13H15BrIN3O/c1-3-6-16-8(2)12-17-18-13(19-12)10-7-9(14)4-5-11(10)15/h4-5,7-8,16H,3,6H2,1-2H3. The normalized spacial score (nSPS) is 12.6. The average molecular weight is 436 g/mol. The maximum absolute atomic E-state index is 5.75. The number of nitrogens with zero attached hydrogens (tertiary/aromatic N) is 2. The minimum atomic E-state index is 0.0750. The Bertz CT molecular complexity index is 559. The van der Waals surface area contributed by atoms with Gasteiger partial charge >= 0.3 is 0 Å². The van der Waals surface area contributed by atoms with Crippen LogP contribution in [0.5, 0.6) is 0 Å². The fraction of sp³-hybridized carbons (Fsp3) is 0.385. The summed E-state index contributed by atoms with van der Waals surface area (Å²) in [5.41, 5.74) is 0.955. The molecule has 1 atom stereocenters. The molecule has 1 heterocycles. The molecule has 1 aromatic heterocycles. The highest BCUT2D eigenvalue weighted by molar-refractivity contribution is 14.1. The molecule has 0 spiro atoms. The number of hydrogen-bond acceptors (Lipinski definition) is 4. The third-order valence-electron chi connectivity index (χ3n) is 2.67. The molecule has 19 heavy (non-hydrogen) atoms. The fourth-order valence-electron chi connectivity index (χ4n) is 1.63. The van der Waals surface area contributed by atoms with Crippen molar-refractivity contribution in [1.82, 2.24) is 15.5 Å². The van der Waals surface area contributed by atoms with Gasteiger partial charge in [0.05, 0.1) is 11.6 Å². The summed E-state index contributed by atoms with van der Waals surface area (Å²) in [4.78, 5) is 0. The first-order valence-corrected chi connectivity index (χ1v) is 8.01. The van der Waals surface area contributed by atoms with Crippen LogP contribution in [0.4, 0.5) is 0 Å². The third kappa shape index (κ3) is 3.76. The van der Waals surface area contributed by atoms with Gasteiger partial charge in [-0.2, -0.15) is 0 Å². The molecule has 2 rings (SSSR count). The number of nitrogens with one attached hydrogen (secondary N) is 1. The minimum absolute atomic E-state index is 0.0750. The molecule has 0 saturated heterocycles. The number of aromatic nitrogens is 2. The zero-order valence-electron chi connectivity index (χ0n) is 10.8. The molecule has 102 valence electrons. The van der Waals surface area contributed by atoms with E-state index < -0.39 is 0 Å². The summed E-state index contributed by atoms with van der Waals surface area (Å²) in [5, 5.41) is 11.6. The molecule has 0 bridgehead atoms. The van der Waals surface area contributed by atoms with Crippen LogP contribution >= 0.6 is 38.5 Å². The van der Waals surface area contributed by atoms with Crippen molar-refractivity contribution >= 4 is 38.5 Å². The summed E-state index contributed by atoms with van der Waals surface area (Å²) < 4.78 is 7.84. The van der Waals surface area contributed by atoms with E-state index in [1.807, 2.05) is 25.1 Å². The van der Waals surface area contributed by atoms with Gasteiger partial charge in [0.1, 0.15) is 0 Å². The van der Waals surface area contributed by atoms with E-state index >= 15 is 0 Å². The smallest absolute Gasteiger partial charge is 0.248 e. The Morgan fingerprint density at radius 3 is 2.95 bits per heavy atom. The van der Waals surface area contributed by atoms with Gasteiger partial charge in [-0.15, -0.1) is 10.2 Å². The monoisotopic (exact) mass is 435 g/mol. The first-order chi connectivity index (χ1) is 9.11. The molecule has 2 aromatic rings. The van der Waals surface area contributed by atoms with Gasteiger partial charge in [0.2, 0.25) is 11.8 Å². The van der Waals surface area contributed by atoms with Crippen LogP contribution in [0, 0.1) is 3.57 Å². The van der Waals surface area contributed by atoms with Crippen molar-refractivity contribution in [3.05, 3.63) is 32.1 Å². The Morgan fingerprint density at radius 2 is 2.21 bits per heavy atom. The van der Waals surface area contributed by atoms with Crippen molar-refractivity contribution in [3.8, 4) is 11.5 Å². The van der Waals surface area contributed by atoms with E-state index in [1.54, 1.807) is 0 Å². The van der Waals surface area contributed by atoms with E-state index in [0.29, 0.717) is 11.8 Å². The van der Waals surface area contributed by atoms with Crippen molar-refractivity contribution in [2.45, 2.75) is 26.3 Å². The van der Waals surface area contributed by atoms with Crippen LogP contribution in [0.25, 0.3) is 11.5 Å². The van der Waals surface area contributed by atoms with E-state index in [2.05, 4.69) is 61.0 Å². The van der Waals surface area contributed by atoms with Crippen LogP contribution in [0.2, 0.25) is 0 Å². The number of halogens is 2. The second kappa shape index (κ2) is 6.81. The van der Waals surface area contributed by atoms with E-state index in [0.717, 1.165) is 26.6 Å². The predicted octanol–water partition coefficient (Wildman–Crippen LogP) is 4.16. The predicted molar refractivity (Wildman–Crippen MR) is 86.9 cm³/mol. The van der Waals surface area contributed by atoms with Gasteiger partial charge in [-0.25, -0.2) is 0 Å². The summed E-state index contributed by atoms with van der Waals surface area (Å²) >= 11 is 5.72. The van der Waals surface area contributed by atoms with Gasteiger partial charge in [0.25, 0.3) is 0 Å². The maximum Gasteiger partial charge on any atom is 0.248 e. The Labute approximate surface area is 134 Å². The highest BCUT2D eigenvalue weighted by Crippen LogP contribution is 2.28. The van der Waals surface area contributed by atoms with Gasteiger partial charge < -0.3 is 9.73 Å². The lowest BCUT2D eigenvalue weighted by Gasteiger charge is -2.07. The van der Waals surface area contributed by atoms with Crippen LogP contribution in [-0.4, -0.2) is 16.7 Å². The first kappa shape index (κ1) is 14.9. The molecule has 4 nitrogen and oxygen atoms in total. The Balaban J connectivity index is 2.23. The largest absolute Gasteiger partial charge is 0.419 e. The number of benzene rings is 1. The number of hydrogen-bond donors (Lipinski definition) is 1. The van der Waals surface area contributed by atoms with Crippen molar-refractivity contribution in [2.75, 3.05) is 6.54 Å². The molecule has 6 heteroatoms. The molecular formula is C13H15BrIN3O. The Kier molecular flexibility index (Phi) is 5.35. The van der Waals surface area contributed by atoms with Crippen LogP contribution in [0.15, 0.2) is 27.1 Å². The molecule has 0 aliphatic carbocycles. The fourth-order valence-corrected chi connectivity index (χ4v) is 2.56. The summed E-state index contributed by atoms with van der Waals surface area (Å²) in [5.74, 6) is 1.19. The van der Waals surface area contributed by atoms with Crippen molar-refractivity contribution < 1.29 is 4.42 Å². The molecule has 0 aliphatic rings. The van der Waals surface area contributed by atoms with Gasteiger partial charge in [0, 0.05) is 8.04 Å². The van der Waals surface area contributed by atoms with Gasteiger partial charge in [-0.05, 0) is 60.7 Å². The molecule has 0 aliphatic heterocycles. The summed E-state index contributed by atoms with van der Waals surface area (Å²) in [7, 11) is 0. The van der Waals surface area contributed by atoms with E-state index in [1.165, 1.54) is 0 Å². The Morgan fingerprint density at radius 1 is 1.42 bits per heavy atom. The molecule has 0 saturated carbocycles. The molecule has 1 N–H and O–H groups in total. The van der Waals surface area contributed by atoms with Crippen LogP contribution in [0.1, 0.15) is 32.2 Å². The molecule has 1 unspecified atom stereocenters. The number of rotatable bonds is 5. The van der Waals surface area contributed by atoms with E-state index in [4.69, 9.17) is 4.42 Å². The molecular weight excluding hydrogens is 421 g/mol. The average Bonchev–Trinajstić information content (AvgIpc) is 2.88. The second-order valence-corrected chi connectivity index (χ2v) is 6.32. The molecule has 1 aromatic carbocycles. The summed E-state index contributed by atoms with van der Waals surface area (Å²) in [6.07, 6.45) is 1.08. The van der Waals surface area contributed by atoms with Crippen molar-refractivity contribution in [3.63, 3.8) is 0 Å². The molecule has 0 radical (unpaired) electrons. The van der Waals surface area contributed by atoms with Crippen LogP contribution in [-0.2, 0) is 0 Å². The zero-order valence-corrected chi connectivity index (χ0v) is 14.5. The van der Waals surface area contributed by atoms with Crippen LogP contribution in [0.3, 0.4) is 0 Å². The lowest BCUT2D eigenvalue weighted by Crippen LogP contribution is -2.19. The highest BCUT2D eigenvalue weighted by Gasteiger charge is 2.16. The van der Waals surface area contributed by atoms with E-state index in [-0.39, 0.29) is 6.04 Å². The van der Waals surface area contributed by atoms with Crippen molar-refractivity contribution in [1.29, 1.82) is 0 Å². The minimum Gasteiger partial charge on any atom is -0.419 e. The molecule has 0 amide bonds. The summed E-state index contributed by atoms with van der Waals surface area (Å²) in [6.45, 7) is 5.09. The first-order valence-electron chi connectivity index (χ1n) is 6.14. The third-order valence-corrected chi connectivity index (χ3v) is 4.10. The lowest BCUT2D eigenvalue weighted by atomic mass is 10.2. The Hall–Kier alpha value is -0.470. The van der Waals surface area contributed by atoms with Crippen LogP contribution < -0.4 is 5.32 Å². The van der Waals surface area contributed by atoms with E-state index in [9.17, 15) is 0 Å². The maximum atomic E-state index is 5.75. The van der Waals surface area contributed by atoms with Crippen molar-refractivity contribution in [2.24, 2.45) is 0 Å². The van der Waals surface area contributed by atoms with Gasteiger partial charge in [-0.3, -0.25) is 0 Å². The zero-order chi connectivity index (χ0) is 13.8. The quantitative estimate of drug-likeness (QED) is 0.716. The SMILES string of the molecule is CCCNC(C)c1nnc(-c2cc(Br)ccc2I)o1. The molecule has 0 fully saturated rings. The topological polar surface area (TPSA) is 51.0 Å². The second-order valence-electron chi connectivity index (χ2n) is 4.25. The highest BCUT2D eigenvalue weighted by atomic mass is 127. The lowest BCUT2D eigenvalue weighted by molar-refractivity contribution is 0.423. The van der Waals surface area contributed by atoms with Gasteiger partial charge in [-0.1, -0.05) is 22.9 Å².